The van der Waals surface area contributed by atoms with Crippen molar-refractivity contribution >= 4 is 17.3 Å². The van der Waals surface area contributed by atoms with Crippen molar-refractivity contribution in [2.75, 3.05) is 39.8 Å². The number of rotatable bonds is 8. The molecule has 26 heavy (non-hydrogen) atoms. The van der Waals surface area contributed by atoms with Crippen molar-refractivity contribution in [1.82, 2.24) is 20.5 Å². The van der Waals surface area contributed by atoms with Gasteiger partial charge in [0.15, 0.2) is 5.96 Å². The molecular weight excluding hydrogens is 346 g/mol. The van der Waals surface area contributed by atoms with E-state index >= 15 is 0 Å². The molecule has 2 heterocycles. The highest BCUT2D eigenvalue weighted by atomic mass is 32.1. The first-order valence-corrected chi connectivity index (χ1v) is 10.5. The van der Waals surface area contributed by atoms with Crippen molar-refractivity contribution in [3.63, 3.8) is 0 Å². The number of aryl methyl sites for hydroxylation is 2. The van der Waals surface area contributed by atoms with Crippen LogP contribution in [0.15, 0.2) is 4.99 Å². The van der Waals surface area contributed by atoms with Crippen LogP contribution in [-0.4, -0.2) is 67.8 Å². The zero-order valence-electron chi connectivity index (χ0n) is 17.0. The number of thiazole rings is 1. The number of likely N-dealkylation sites (tertiary alicyclic amines) is 1. The van der Waals surface area contributed by atoms with Crippen molar-refractivity contribution in [3.8, 4) is 0 Å². The van der Waals surface area contributed by atoms with Crippen LogP contribution in [0.2, 0.25) is 0 Å². The van der Waals surface area contributed by atoms with E-state index in [0.717, 1.165) is 68.7 Å². The van der Waals surface area contributed by atoms with Gasteiger partial charge in [-0.3, -0.25) is 4.99 Å². The second-order valence-electron chi connectivity index (χ2n) is 7.17. The first kappa shape index (κ1) is 21.1. The van der Waals surface area contributed by atoms with E-state index in [4.69, 9.17) is 4.74 Å². The third kappa shape index (κ3) is 7.21. The Balaban J connectivity index is 1.65. The van der Waals surface area contributed by atoms with E-state index in [1.54, 1.807) is 11.3 Å². The fraction of sp³-hybridized carbons (Fsp3) is 0.789. The highest BCUT2D eigenvalue weighted by Gasteiger charge is 2.19. The van der Waals surface area contributed by atoms with Crippen LogP contribution in [0.5, 0.6) is 0 Å². The summed E-state index contributed by atoms with van der Waals surface area (Å²) in [4.78, 5) is 12.7. The smallest absolute Gasteiger partial charge is 0.191 e. The first-order valence-electron chi connectivity index (χ1n) is 9.72. The van der Waals surface area contributed by atoms with Gasteiger partial charge in [-0.15, -0.1) is 11.3 Å². The lowest BCUT2D eigenvalue weighted by Crippen LogP contribution is -2.49. The molecular formula is C19H35N5OS. The van der Waals surface area contributed by atoms with E-state index in [9.17, 15) is 0 Å². The lowest BCUT2D eigenvalue weighted by Gasteiger charge is -2.33. The molecule has 0 spiro atoms. The van der Waals surface area contributed by atoms with E-state index in [-0.39, 0.29) is 0 Å². The van der Waals surface area contributed by atoms with Gasteiger partial charge < -0.3 is 20.3 Å². The summed E-state index contributed by atoms with van der Waals surface area (Å²) in [5.41, 5.74) is 1.16. The Kier molecular flexibility index (Phi) is 8.81. The minimum absolute atomic E-state index is 0.321. The number of ether oxygens (including phenoxy) is 1. The molecule has 0 atom stereocenters. The maximum absolute atomic E-state index is 5.65. The number of aromatic nitrogens is 1. The molecule has 0 bridgehead atoms. The monoisotopic (exact) mass is 381 g/mol. The second-order valence-corrected chi connectivity index (χ2v) is 8.46. The molecule has 0 aromatic carbocycles. The Morgan fingerprint density at radius 2 is 2.08 bits per heavy atom. The largest absolute Gasteiger partial charge is 0.377 e. The molecule has 1 fully saturated rings. The Morgan fingerprint density at radius 3 is 2.65 bits per heavy atom. The number of hydrogen-bond donors (Lipinski definition) is 2. The third-order valence-electron chi connectivity index (χ3n) is 4.65. The summed E-state index contributed by atoms with van der Waals surface area (Å²) in [5.74, 6) is 0.908. The quantitative estimate of drug-likeness (QED) is 0.535. The van der Waals surface area contributed by atoms with Crippen LogP contribution < -0.4 is 10.6 Å². The Hall–Kier alpha value is -1.18. The molecule has 1 aliphatic rings. The van der Waals surface area contributed by atoms with Crippen molar-refractivity contribution in [3.05, 3.63) is 15.6 Å². The molecule has 1 saturated heterocycles. The number of aliphatic imine (C=N–C) groups is 1. The molecule has 148 valence electrons. The van der Waals surface area contributed by atoms with E-state index < -0.39 is 0 Å². The maximum atomic E-state index is 5.65. The minimum atomic E-state index is 0.321. The molecule has 1 aromatic heterocycles. The Labute approximate surface area is 162 Å². The van der Waals surface area contributed by atoms with Gasteiger partial charge in [0.2, 0.25) is 0 Å². The summed E-state index contributed by atoms with van der Waals surface area (Å²) < 4.78 is 5.65. The highest BCUT2D eigenvalue weighted by molar-refractivity contribution is 7.11. The fourth-order valence-corrected chi connectivity index (χ4v) is 4.14. The van der Waals surface area contributed by atoms with Crippen LogP contribution in [-0.2, 0) is 11.2 Å². The topological polar surface area (TPSA) is 61.8 Å². The lowest BCUT2D eigenvalue weighted by molar-refractivity contribution is 0.0532. The summed E-state index contributed by atoms with van der Waals surface area (Å²) in [6.07, 6.45) is 3.61. The van der Waals surface area contributed by atoms with E-state index in [1.165, 1.54) is 4.88 Å². The van der Waals surface area contributed by atoms with Gasteiger partial charge in [-0.05, 0) is 40.5 Å². The normalized spacial score (nSPS) is 17.1. The minimum Gasteiger partial charge on any atom is -0.377 e. The summed E-state index contributed by atoms with van der Waals surface area (Å²) >= 11 is 1.79. The number of hydrogen-bond acceptors (Lipinski definition) is 5. The molecule has 2 N–H and O–H groups in total. The molecule has 1 aliphatic heterocycles. The highest BCUT2D eigenvalue weighted by Crippen LogP contribution is 2.17. The van der Waals surface area contributed by atoms with Gasteiger partial charge in [0.05, 0.1) is 23.4 Å². The fourth-order valence-electron chi connectivity index (χ4n) is 3.21. The summed E-state index contributed by atoms with van der Waals surface area (Å²) in [6, 6.07) is 0.496. The Bertz CT molecular complexity index is 564. The molecule has 1 aromatic rings. The average Bonchev–Trinajstić information content (AvgIpc) is 2.92. The van der Waals surface area contributed by atoms with Crippen LogP contribution in [0.1, 0.15) is 42.3 Å². The standard InChI is InChI=1S/C19H35N5OS/c1-14(2)25-13-12-24-10-7-17(8-11-24)23-19(20-5)21-9-6-18-15(3)22-16(4)26-18/h14,17H,6-13H2,1-5H3,(H2,20,21,23). The molecule has 7 heteroatoms. The summed E-state index contributed by atoms with van der Waals surface area (Å²) in [7, 11) is 1.84. The molecule has 0 saturated carbocycles. The zero-order chi connectivity index (χ0) is 18.9. The Morgan fingerprint density at radius 1 is 1.35 bits per heavy atom. The van der Waals surface area contributed by atoms with Crippen LogP contribution in [0.4, 0.5) is 0 Å². The predicted octanol–water partition coefficient (Wildman–Crippen LogP) is 2.36. The summed E-state index contributed by atoms with van der Waals surface area (Å²) in [6.45, 7) is 13.3. The van der Waals surface area contributed by atoms with Gasteiger partial charge in [-0.1, -0.05) is 0 Å². The number of piperidine rings is 1. The van der Waals surface area contributed by atoms with Crippen LogP contribution in [0, 0.1) is 13.8 Å². The first-order chi connectivity index (χ1) is 12.5. The molecule has 0 unspecified atom stereocenters. The zero-order valence-corrected chi connectivity index (χ0v) is 17.8. The molecule has 0 amide bonds. The lowest BCUT2D eigenvalue weighted by atomic mass is 10.1. The predicted molar refractivity (Wildman–Crippen MR) is 110 cm³/mol. The second kappa shape index (κ2) is 10.8. The molecule has 2 rings (SSSR count). The van der Waals surface area contributed by atoms with Crippen LogP contribution >= 0.6 is 11.3 Å². The maximum Gasteiger partial charge on any atom is 0.191 e. The third-order valence-corrected chi connectivity index (χ3v) is 5.79. The van der Waals surface area contributed by atoms with E-state index in [1.807, 2.05) is 7.05 Å². The van der Waals surface area contributed by atoms with Crippen LogP contribution in [0.25, 0.3) is 0 Å². The SMILES string of the molecule is CN=C(NCCc1sc(C)nc1C)NC1CCN(CCOC(C)C)CC1. The molecule has 0 aliphatic carbocycles. The number of guanidine groups is 1. The molecule has 6 nitrogen and oxygen atoms in total. The van der Waals surface area contributed by atoms with Crippen molar-refractivity contribution in [1.29, 1.82) is 0 Å². The number of nitrogens with one attached hydrogen (secondary N) is 2. The van der Waals surface area contributed by atoms with Crippen molar-refractivity contribution < 1.29 is 4.74 Å². The van der Waals surface area contributed by atoms with E-state index in [2.05, 4.69) is 53.2 Å². The van der Waals surface area contributed by atoms with Gasteiger partial charge in [0, 0.05) is 50.6 Å². The van der Waals surface area contributed by atoms with Crippen molar-refractivity contribution in [2.24, 2.45) is 4.99 Å². The van der Waals surface area contributed by atoms with Crippen LogP contribution in [0.3, 0.4) is 0 Å². The van der Waals surface area contributed by atoms with E-state index in [0.29, 0.717) is 12.1 Å². The van der Waals surface area contributed by atoms with Gasteiger partial charge in [-0.25, -0.2) is 4.98 Å². The van der Waals surface area contributed by atoms with Gasteiger partial charge in [0.1, 0.15) is 0 Å². The van der Waals surface area contributed by atoms with Gasteiger partial charge >= 0.3 is 0 Å². The summed E-state index contributed by atoms with van der Waals surface area (Å²) in [5, 5.41) is 8.16. The van der Waals surface area contributed by atoms with Gasteiger partial charge in [0.25, 0.3) is 0 Å². The number of nitrogens with zero attached hydrogens (tertiary/aromatic N) is 3. The van der Waals surface area contributed by atoms with Gasteiger partial charge in [-0.2, -0.15) is 0 Å². The van der Waals surface area contributed by atoms with Crippen molar-refractivity contribution in [2.45, 2.75) is 59.1 Å². The average molecular weight is 382 g/mol. The molecule has 0 radical (unpaired) electrons.